The van der Waals surface area contributed by atoms with Crippen LogP contribution in [0.1, 0.15) is 37.7 Å². The number of hydrogen-bond acceptors (Lipinski definition) is 2. The number of rotatable bonds is 5. The van der Waals surface area contributed by atoms with Gasteiger partial charge < -0.3 is 10.2 Å². The topological polar surface area (TPSA) is 32.3 Å². The van der Waals surface area contributed by atoms with Crippen molar-refractivity contribution < 1.29 is 4.79 Å². The molecule has 3 nitrogen and oxygen atoms in total. The normalized spacial score (nSPS) is 18.6. The first-order valence-electron chi connectivity index (χ1n) is 7.97. The Balaban J connectivity index is 0.00000176. The highest BCUT2D eigenvalue weighted by molar-refractivity contribution is 6.30. The van der Waals surface area contributed by atoms with Gasteiger partial charge in [-0.05, 0) is 62.4 Å². The van der Waals surface area contributed by atoms with Crippen LogP contribution in [0.5, 0.6) is 0 Å². The fourth-order valence-electron chi connectivity index (χ4n) is 3.04. The average molecular weight is 343 g/mol. The van der Waals surface area contributed by atoms with Gasteiger partial charge in [0.05, 0.1) is 0 Å². The summed E-state index contributed by atoms with van der Waals surface area (Å²) >= 11 is 5.93. The summed E-state index contributed by atoms with van der Waals surface area (Å²) in [5, 5.41) is 4.11. The molecule has 1 saturated heterocycles. The van der Waals surface area contributed by atoms with Gasteiger partial charge in [0.25, 0.3) is 0 Å². The summed E-state index contributed by atoms with van der Waals surface area (Å²) in [6, 6.07) is 8.32. The highest BCUT2D eigenvalue weighted by atomic mass is 35.5. The molecule has 1 aliphatic heterocycles. The minimum Gasteiger partial charge on any atom is -0.335 e. The molecule has 122 valence electrons. The van der Waals surface area contributed by atoms with Gasteiger partial charge in [-0.3, -0.25) is 4.79 Å². The van der Waals surface area contributed by atoms with Crippen LogP contribution in [0.3, 0.4) is 0 Å². The van der Waals surface area contributed by atoms with Crippen LogP contribution in [0.15, 0.2) is 24.3 Å². The van der Waals surface area contributed by atoms with Crippen molar-refractivity contribution in [3.05, 3.63) is 34.9 Å². The van der Waals surface area contributed by atoms with Crippen molar-refractivity contribution in [2.24, 2.45) is 5.92 Å². The third kappa shape index (κ3) is 4.87. The van der Waals surface area contributed by atoms with E-state index < -0.39 is 0 Å². The first-order valence-corrected chi connectivity index (χ1v) is 8.35. The van der Waals surface area contributed by atoms with E-state index in [2.05, 4.69) is 10.2 Å². The Morgan fingerprint density at radius 3 is 2.36 bits per heavy atom. The number of nitrogens with one attached hydrogen (secondary N) is 1. The number of halogens is 2. The number of benzene rings is 1. The van der Waals surface area contributed by atoms with E-state index in [1.807, 2.05) is 24.3 Å². The zero-order valence-corrected chi connectivity index (χ0v) is 14.3. The molecule has 1 aliphatic carbocycles. The van der Waals surface area contributed by atoms with Crippen molar-refractivity contribution >= 4 is 29.9 Å². The smallest absolute Gasteiger partial charge is 0.223 e. The Morgan fingerprint density at radius 2 is 1.77 bits per heavy atom. The van der Waals surface area contributed by atoms with E-state index in [9.17, 15) is 4.79 Å². The highest BCUT2D eigenvalue weighted by Gasteiger charge is 2.33. The maximum absolute atomic E-state index is 12.6. The summed E-state index contributed by atoms with van der Waals surface area (Å²) in [7, 11) is 0. The van der Waals surface area contributed by atoms with Crippen molar-refractivity contribution in [1.82, 2.24) is 10.2 Å². The molecule has 0 radical (unpaired) electrons. The lowest BCUT2D eigenvalue weighted by molar-refractivity contribution is -0.133. The monoisotopic (exact) mass is 342 g/mol. The molecular formula is C17H24Cl2N2O. The van der Waals surface area contributed by atoms with Crippen LogP contribution >= 0.6 is 24.0 Å². The number of hydrogen-bond donors (Lipinski definition) is 1. The molecule has 3 rings (SSSR count). The third-order valence-corrected chi connectivity index (χ3v) is 4.75. The summed E-state index contributed by atoms with van der Waals surface area (Å²) in [6.45, 7) is 2.84. The number of carbonyl (C=O) groups excluding carboxylic acids is 1. The van der Waals surface area contributed by atoms with Crippen molar-refractivity contribution in [3.63, 3.8) is 0 Å². The number of carbonyl (C=O) groups is 1. The summed E-state index contributed by atoms with van der Waals surface area (Å²) in [5.74, 6) is 0.893. The van der Waals surface area contributed by atoms with Gasteiger partial charge >= 0.3 is 0 Å². The second-order valence-electron chi connectivity index (χ2n) is 6.28. The molecular weight excluding hydrogens is 319 g/mol. The standard InChI is InChI=1S/C17H23ClN2O.ClH/c18-15-3-1-14(2-4-15)12-20(16-5-6-16)17(21)11-13-7-9-19-10-8-13;/h1-4,13,16,19H,5-12H2;1H. The van der Waals surface area contributed by atoms with E-state index in [1.165, 1.54) is 5.56 Å². The highest BCUT2D eigenvalue weighted by Crippen LogP contribution is 2.30. The molecule has 2 fully saturated rings. The van der Waals surface area contributed by atoms with Crippen LogP contribution < -0.4 is 5.32 Å². The quantitative estimate of drug-likeness (QED) is 0.885. The predicted molar refractivity (Wildman–Crippen MR) is 92.5 cm³/mol. The first kappa shape index (κ1) is 17.6. The molecule has 2 aliphatic rings. The Hall–Kier alpha value is -0.770. The van der Waals surface area contributed by atoms with E-state index in [4.69, 9.17) is 11.6 Å². The van der Waals surface area contributed by atoms with Gasteiger partial charge in [0, 0.05) is 24.0 Å². The maximum atomic E-state index is 12.6. The first-order chi connectivity index (χ1) is 10.2. The largest absolute Gasteiger partial charge is 0.335 e. The van der Waals surface area contributed by atoms with Crippen LogP contribution in [0, 0.1) is 5.92 Å². The van der Waals surface area contributed by atoms with E-state index in [-0.39, 0.29) is 12.4 Å². The van der Waals surface area contributed by atoms with Gasteiger partial charge in [0.1, 0.15) is 0 Å². The molecule has 0 bridgehead atoms. The summed E-state index contributed by atoms with van der Waals surface area (Å²) in [4.78, 5) is 14.7. The van der Waals surface area contributed by atoms with Crippen LogP contribution in [0.4, 0.5) is 0 Å². The van der Waals surface area contributed by atoms with E-state index in [1.54, 1.807) is 0 Å². The number of amides is 1. The Bertz CT molecular complexity index is 482. The van der Waals surface area contributed by atoms with Crippen LogP contribution in [-0.4, -0.2) is 29.9 Å². The van der Waals surface area contributed by atoms with E-state index in [0.29, 0.717) is 24.3 Å². The molecule has 0 unspecified atom stereocenters. The van der Waals surface area contributed by atoms with Gasteiger partial charge in [0.2, 0.25) is 5.91 Å². The van der Waals surface area contributed by atoms with Crippen molar-refractivity contribution in [2.45, 2.75) is 44.7 Å². The fraction of sp³-hybridized carbons (Fsp3) is 0.588. The Kier molecular flexibility index (Phi) is 6.54. The second-order valence-corrected chi connectivity index (χ2v) is 6.71. The molecule has 1 heterocycles. The zero-order valence-electron chi connectivity index (χ0n) is 12.8. The zero-order chi connectivity index (χ0) is 14.7. The van der Waals surface area contributed by atoms with Gasteiger partial charge in [-0.1, -0.05) is 23.7 Å². The molecule has 0 aromatic heterocycles. The van der Waals surface area contributed by atoms with Crippen LogP contribution in [0.2, 0.25) is 5.02 Å². The lowest BCUT2D eigenvalue weighted by Gasteiger charge is -2.27. The summed E-state index contributed by atoms with van der Waals surface area (Å²) in [5.41, 5.74) is 1.17. The van der Waals surface area contributed by atoms with Gasteiger partial charge in [-0.2, -0.15) is 0 Å². The molecule has 1 saturated carbocycles. The molecule has 1 aromatic carbocycles. The number of piperidine rings is 1. The molecule has 0 spiro atoms. The fourth-order valence-corrected chi connectivity index (χ4v) is 3.17. The second kappa shape index (κ2) is 8.19. The lowest BCUT2D eigenvalue weighted by atomic mass is 9.94. The van der Waals surface area contributed by atoms with Gasteiger partial charge in [-0.25, -0.2) is 0 Å². The summed E-state index contributed by atoms with van der Waals surface area (Å²) < 4.78 is 0. The minimum absolute atomic E-state index is 0. The molecule has 5 heteroatoms. The summed E-state index contributed by atoms with van der Waals surface area (Å²) in [6.07, 6.45) is 5.29. The van der Waals surface area contributed by atoms with Crippen LogP contribution in [0.25, 0.3) is 0 Å². The van der Waals surface area contributed by atoms with E-state index in [0.717, 1.165) is 50.3 Å². The number of nitrogens with zero attached hydrogens (tertiary/aromatic N) is 1. The Morgan fingerprint density at radius 1 is 1.14 bits per heavy atom. The van der Waals surface area contributed by atoms with Crippen molar-refractivity contribution in [2.75, 3.05) is 13.1 Å². The molecule has 1 N–H and O–H groups in total. The third-order valence-electron chi connectivity index (χ3n) is 4.50. The Labute approximate surface area is 143 Å². The molecule has 0 atom stereocenters. The average Bonchev–Trinajstić information content (AvgIpc) is 3.32. The van der Waals surface area contributed by atoms with Gasteiger partial charge in [0.15, 0.2) is 0 Å². The van der Waals surface area contributed by atoms with Crippen LogP contribution in [-0.2, 0) is 11.3 Å². The maximum Gasteiger partial charge on any atom is 0.223 e. The molecule has 22 heavy (non-hydrogen) atoms. The van der Waals surface area contributed by atoms with Gasteiger partial charge in [-0.15, -0.1) is 12.4 Å². The van der Waals surface area contributed by atoms with Crippen molar-refractivity contribution in [1.29, 1.82) is 0 Å². The minimum atomic E-state index is 0. The molecule has 1 aromatic rings. The van der Waals surface area contributed by atoms with Crippen molar-refractivity contribution in [3.8, 4) is 0 Å². The lowest BCUT2D eigenvalue weighted by Crippen LogP contribution is -2.36. The SMILES string of the molecule is Cl.O=C(CC1CCNCC1)N(Cc1ccc(Cl)cc1)C1CC1. The van der Waals surface area contributed by atoms with E-state index >= 15 is 0 Å². The predicted octanol–water partition coefficient (Wildman–Crippen LogP) is 3.64. The molecule has 1 amide bonds.